The minimum Gasteiger partial charge on any atom is -0.103 e. The third-order valence-corrected chi connectivity index (χ3v) is 2.67. The number of allylic oxidation sites excluding steroid dienone is 3. The van der Waals surface area contributed by atoms with Gasteiger partial charge < -0.3 is 0 Å². The number of rotatable bonds is 7. The molecule has 0 aliphatic rings. The first-order valence-corrected chi connectivity index (χ1v) is 4.76. The van der Waals surface area contributed by atoms with Gasteiger partial charge in [-0.2, -0.15) is 0 Å². The lowest BCUT2D eigenvalue weighted by Crippen LogP contribution is -2.24. The molecule has 0 aromatic rings. The van der Waals surface area contributed by atoms with E-state index in [1.165, 1.54) is 5.92 Å². The Labute approximate surface area is 83.0 Å². The van der Waals surface area contributed by atoms with Gasteiger partial charge in [0.1, 0.15) is 0 Å². The van der Waals surface area contributed by atoms with Gasteiger partial charge in [0.15, 0.2) is 0 Å². The van der Waals surface area contributed by atoms with E-state index < -0.39 is 0 Å². The molecule has 0 spiro atoms. The van der Waals surface area contributed by atoms with Crippen molar-refractivity contribution in [3.63, 3.8) is 0 Å². The van der Waals surface area contributed by atoms with Crippen LogP contribution in [0, 0.1) is 11.3 Å². The van der Waals surface area contributed by atoms with Crippen molar-refractivity contribution in [3.05, 3.63) is 43.9 Å². The zero-order valence-corrected chi connectivity index (χ0v) is 8.97. The second kappa shape index (κ2) is 5.80. The minimum atomic E-state index is 0.214. The van der Waals surface area contributed by atoms with Crippen LogP contribution >= 0.6 is 0 Å². The van der Waals surface area contributed by atoms with Crippen LogP contribution in [0.2, 0.25) is 0 Å². The van der Waals surface area contributed by atoms with Crippen LogP contribution in [-0.2, 0) is 0 Å². The lowest BCUT2D eigenvalue weighted by Gasteiger charge is -2.35. The van der Waals surface area contributed by atoms with E-state index in [0.717, 1.165) is 19.3 Å². The fourth-order valence-corrected chi connectivity index (χ4v) is 1.69. The summed E-state index contributed by atoms with van der Waals surface area (Å²) in [6.07, 6.45) is 8.98. The molecule has 1 radical (unpaired) electrons. The molecule has 0 aliphatic carbocycles. The summed E-state index contributed by atoms with van der Waals surface area (Å²) in [4.78, 5) is 0. The first-order chi connectivity index (χ1) is 6.13. The topological polar surface area (TPSA) is 0 Å². The van der Waals surface area contributed by atoms with Crippen molar-refractivity contribution in [2.24, 2.45) is 5.41 Å². The van der Waals surface area contributed by atoms with Gasteiger partial charge in [0.05, 0.1) is 0 Å². The lowest BCUT2D eigenvalue weighted by atomic mass is 9.70. The highest BCUT2D eigenvalue weighted by molar-refractivity contribution is 5.08. The van der Waals surface area contributed by atoms with Crippen LogP contribution in [0.3, 0.4) is 0 Å². The highest BCUT2D eigenvalue weighted by atomic mass is 14.3. The van der Waals surface area contributed by atoms with Crippen LogP contribution in [0.1, 0.15) is 33.1 Å². The fourth-order valence-electron chi connectivity index (χ4n) is 1.69. The van der Waals surface area contributed by atoms with Crippen molar-refractivity contribution in [2.75, 3.05) is 0 Å². The van der Waals surface area contributed by atoms with Gasteiger partial charge in [-0.05, 0) is 30.6 Å². The lowest BCUT2D eigenvalue weighted by molar-refractivity contribution is 0.320. The van der Waals surface area contributed by atoms with Crippen LogP contribution in [0.4, 0.5) is 0 Å². The van der Waals surface area contributed by atoms with Gasteiger partial charge in [-0.3, -0.25) is 0 Å². The maximum atomic E-state index is 3.81. The van der Waals surface area contributed by atoms with Crippen LogP contribution in [-0.4, -0.2) is 0 Å². The second-order valence-electron chi connectivity index (χ2n) is 3.76. The maximum absolute atomic E-state index is 3.81. The van der Waals surface area contributed by atoms with Crippen LogP contribution in [0.5, 0.6) is 0 Å². The molecule has 0 fully saturated rings. The summed E-state index contributed by atoms with van der Waals surface area (Å²) in [6.45, 7) is 15.8. The van der Waals surface area contributed by atoms with Crippen LogP contribution in [0.25, 0.3) is 0 Å². The van der Waals surface area contributed by atoms with Crippen molar-refractivity contribution in [1.29, 1.82) is 0 Å². The Morgan fingerprint density at radius 1 is 0.923 bits per heavy atom. The Hall–Kier alpha value is -0.780. The van der Waals surface area contributed by atoms with E-state index >= 15 is 0 Å². The van der Waals surface area contributed by atoms with Crippen LogP contribution in [0.15, 0.2) is 38.0 Å². The molecule has 0 saturated carbocycles. The minimum absolute atomic E-state index is 0.214. The number of hydrogen-bond acceptors (Lipinski definition) is 0. The molecule has 0 amide bonds. The molecule has 0 nitrogen and oxygen atoms in total. The molecule has 73 valence electrons. The molecular weight excluding hydrogens is 156 g/mol. The monoisotopic (exact) mass is 177 g/mol. The van der Waals surface area contributed by atoms with E-state index in [0.29, 0.717) is 0 Å². The van der Waals surface area contributed by atoms with E-state index in [4.69, 9.17) is 0 Å². The van der Waals surface area contributed by atoms with E-state index in [1.807, 2.05) is 18.2 Å². The fraction of sp³-hybridized carbons (Fsp3) is 0.462. The molecule has 0 bridgehead atoms. The molecule has 0 heterocycles. The summed E-state index contributed by atoms with van der Waals surface area (Å²) < 4.78 is 0. The first kappa shape index (κ1) is 12.2. The second-order valence-corrected chi connectivity index (χ2v) is 3.76. The smallest absolute Gasteiger partial charge is 0.0138 e. The van der Waals surface area contributed by atoms with Crippen molar-refractivity contribution >= 4 is 0 Å². The van der Waals surface area contributed by atoms with Gasteiger partial charge in [0.25, 0.3) is 0 Å². The maximum Gasteiger partial charge on any atom is -0.0138 e. The molecule has 13 heavy (non-hydrogen) atoms. The summed E-state index contributed by atoms with van der Waals surface area (Å²) in [7, 11) is 0. The van der Waals surface area contributed by atoms with Crippen LogP contribution < -0.4 is 0 Å². The largest absolute Gasteiger partial charge is 0.103 e. The van der Waals surface area contributed by atoms with E-state index in [9.17, 15) is 0 Å². The Morgan fingerprint density at radius 3 is 1.38 bits per heavy atom. The third kappa shape index (κ3) is 3.22. The molecule has 0 unspecified atom stereocenters. The molecule has 0 saturated heterocycles. The standard InChI is InChI=1S/C13H21/c1-6-9-13(10-7-2,11-8-3)12(4)5/h6-8H,1-3,9-11H2,4-5H3. The molecular formula is C13H21. The van der Waals surface area contributed by atoms with E-state index in [1.54, 1.807) is 0 Å². The third-order valence-electron chi connectivity index (χ3n) is 2.67. The van der Waals surface area contributed by atoms with Gasteiger partial charge in [-0.1, -0.05) is 32.1 Å². The number of hydrogen-bond donors (Lipinski definition) is 0. The van der Waals surface area contributed by atoms with Crippen molar-refractivity contribution < 1.29 is 0 Å². The predicted octanol–water partition coefficient (Wildman–Crippen LogP) is 4.32. The zero-order valence-electron chi connectivity index (χ0n) is 8.97. The molecule has 0 aromatic heterocycles. The average Bonchev–Trinajstić information content (AvgIpc) is 2.05. The summed E-state index contributed by atoms with van der Waals surface area (Å²) in [5, 5.41) is 0. The normalized spacial score (nSPS) is 11.3. The predicted molar refractivity (Wildman–Crippen MR) is 61.5 cm³/mol. The zero-order chi connectivity index (χ0) is 10.3. The molecule has 0 heteroatoms. The van der Waals surface area contributed by atoms with E-state index in [-0.39, 0.29) is 5.41 Å². The quantitative estimate of drug-likeness (QED) is 0.508. The summed E-state index contributed by atoms with van der Waals surface area (Å²) in [6, 6.07) is 0. The summed E-state index contributed by atoms with van der Waals surface area (Å²) in [5.41, 5.74) is 0.214. The molecule has 0 rings (SSSR count). The molecule has 0 aliphatic heterocycles. The Morgan fingerprint density at radius 2 is 1.23 bits per heavy atom. The van der Waals surface area contributed by atoms with Crippen molar-refractivity contribution in [2.45, 2.75) is 33.1 Å². The molecule has 0 N–H and O–H groups in total. The highest BCUT2D eigenvalue weighted by Crippen LogP contribution is 2.41. The summed E-state index contributed by atoms with van der Waals surface area (Å²) >= 11 is 0. The molecule has 0 aromatic carbocycles. The SMILES string of the molecule is C=CCC(CC=C)(CC=C)[C](C)C. The van der Waals surface area contributed by atoms with Gasteiger partial charge >= 0.3 is 0 Å². The Balaban J connectivity index is 4.65. The Bertz CT molecular complexity index is 148. The summed E-state index contributed by atoms with van der Waals surface area (Å²) in [5.74, 6) is 1.44. The Kier molecular flexibility index (Phi) is 5.45. The first-order valence-electron chi connectivity index (χ1n) is 4.76. The molecule has 0 atom stereocenters. The van der Waals surface area contributed by atoms with Gasteiger partial charge in [0.2, 0.25) is 0 Å². The van der Waals surface area contributed by atoms with Crippen molar-refractivity contribution in [3.8, 4) is 0 Å². The highest BCUT2D eigenvalue weighted by Gasteiger charge is 2.29. The van der Waals surface area contributed by atoms with Gasteiger partial charge in [-0.25, -0.2) is 0 Å². The van der Waals surface area contributed by atoms with Gasteiger partial charge in [0, 0.05) is 0 Å². The van der Waals surface area contributed by atoms with Crippen molar-refractivity contribution in [1.82, 2.24) is 0 Å². The van der Waals surface area contributed by atoms with Gasteiger partial charge in [-0.15, -0.1) is 19.7 Å². The van der Waals surface area contributed by atoms with E-state index in [2.05, 4.69) is 33.6 Å². The average molecular weight is 177 g/mol.